The standard InChI is InChI=1S/C14H20N2/c1-11-3-2-4-13(9-11)15-14-6-8-16-7-5-12(14)10-16/h2-4,9,12,14-15H,5-8,10H2,1H3. The van der Waals surface area contributed by atoms with Gasteiger partial charge in [0, 0.05) is 24.8 Å². The van der Waals surface area contributed by atoms with Crippen LogP contribution in [0.1, 0.15) is 18.4 Å². The van der Waals surface area contributed by atoms with Gasteiger partial charge in [0.2, 0.25) is 0 Å². The Morgan fingerprint density at radius 2 is 2.12 bits per heavy atom. The number of nitrogens with zero attached hydrogens (tertiary/aromatic N) is 1. The monoisotopic (exact) mass is 216 g/mol. The van der Waals surface area contributed by atoms with Crippen molar-refractivity contribution in [3.05, 3.63) is 29.8 Å². The summed E-state index contributed by atoms with van der Waals surface area (Å²) in [6.07, 6.45) is 2.68. The van der Waals surface area contributed by atoms with Crippen LogP contribution in [-0.4, -0.2) is 30.6 Å². The number of rotatable bonds is 2. The van der Waals surface area contributed by atoms with E-state index in [0.29, 0.717) is 6.04 Å². The van der Waals surface area contributed by atoms with E-state index < -0.39 is 0 Å². The van der Waals surface area contributed by atoms with E-state index in [0.717, 1.165) is 5.92 Å². The van der Waals surface area contributed by atoms with Crippen LogP contribution in [0.3, 0.4) is 0 Å². The molecule has 2 saturated heterocycles. The Hall–Kier alpha value is -1.02. The van der Waals surface area contributed by atoms with Gasteiger partial charge in [-0.15, -0.1) is 0 Å². The fraction of sp³-hybridized carbons (Fsp3) is 0.571. The normalized spacial score (nSPS) is 32.7. The van der Waals surface area contributed by atoms with Gasteiger partial charge in [-0.2, -0.15) is 0 Å². The molecule has 0 radical (unpaired) electrons. The van der Waals surface area contributed by atoms with Gasteiger partial charge in [-0.3, -0.25) is 0 Å². The number of aryl methyl sites for hydroxylation is 1. The van der Waals surface area contributed by atoms with Gasteiger partial charge in [-0.25, -0.2) is 0 Å². The summed E-state index contributed by atoms with van der Waals surface area (Å²) >= 11 is 0. The summed E-state index contributed by atoms with van der Waals surface area (Å²) in [6.45, 7) is 6.06. The number of anilines is 1. The van der Waals surface area contributed by atoms with Gasteiger partial charge in [0.1, 0.15) is 0 Å². The number of piperidine rings is 1. The molecule has 2 aliphatic heterocycles. The third-order valence-electron chi connectivity index (χ3n) is 4.00. The Labute approximate surface area is 97.6 Å². The van der Waals surface area contributed by atoms with Crippen LogP contribution in [0.4, 0.5) is 5.69 Å². The van der Waals surface area contributed by atoms with E-state index in [1.807, 2.05) is 0 Å². The van der Waals surface area contributed by atoms with Crippen LogP contribution in [0.5, 0.6) is 0 Å². The van der Waals surface area contributed by atoms with E-state index in [9.17, 15) is 0 Å². The van der Waals surface area contributed by atoms with E-state index in [1.54, 1.807) is 0 Å². The van der Waals surface area contributed by atoms with Crippen molar-refractivity contribution in [2.24, 2.45) is 5.92 Å². The number of nitrogens with one attached hydrogen (secondary N) is 1. The Bertz CT molecular complexity index is 375. The molecule has 3 unspecified atom stereocenters. The highest BCUT2D eigenvalue weighted by Crippen LogP contribution is 2.29. The molecule has 16 heavy (non-hydrogen) atoms. The van der Waals surface area contributed by atoms with Crippen LogP contribution < -0.4 is 5.32 Å². The quantitative estimate of drug-likeness (QED) is 0.817. The summed E-state index contributed by atoms with van der Waals surface area (Å²) in [5, 5.41) is 3.72. The molecule has 2 fully saturated rings. The molecular weight excluding hydrogens is 196 g/mol. The first-order valence-electron chi connectivity index (χ1n) is 6.37. The second-order valence-corrected chi connectivity index (χ2v) is 5.26. The molecule has 0 aromatic heterocycles. The first-order valence-corrected chi connectivity index (χ1v) is 6.37. The topological polar surface area (TPSA) is 15.3 Å². The number of hydrogen-bond donors (Lipinski definition) is 1. The molecule has 0 spiro atoms. The lowest BCUT2D eigenvalue weighted by Crippen LogP contribution is -2.39. The van der Waals surface area contributed by atoms with Gasteiger partial charge in [-0.1, -0.05) is 12.1 Å². The smallest absolute Gasteiger partial charge is 0.0345 e. The molecule has 2 heterocycles. The van der Waals surface area contributed by atoms with Crippen LogP contribution in [0.2, 0.25) is 0 Å². The minimum absolute atomic E-state index is 0.695. The predicted molar refractivity (Wildman–Crippen MR) is 67.8 cm³/mol. The van der Waals surface area contributed by atoms with E-state index in [4.69, 9.17) is 0 Å². The molecule has 0 saturated carbocycles. The minimum atomic E-state index is 0.695. The van der Waals surface area contributed by atoms with Gasteiger partial charge >= 0.3 is 0 Å². The van der Waals surface area contributed by atoms with E-state index in [1.165, 1.54) is 43.7 Å². The second kappa shape index (κ2) is 4.10. The first-order chi connectivity index (χ1) is 7.81. The lowest BCUT2D eigenvalue weighted by Gasteiger charge is -2.31. The van der Waals surface area contributed by atoms with E-state index in [-0.39, 0.29) is 0 Å². The van der Waals surface area contributed by atoms with Crippen molar-refractivity contribution in [1.29, 1.82) is 0 Å². The molecule has 3 atom stereocenters. The fourth-order valence-corrected chi connectivity index (χ4v) is 3.09. The summed E-state index contributed by atoms with van der Waals surface area (Å²) < 4.78 is 0. The van der Waals surface area contributed by atoms with Crippen molar-refractivity contribution in [3.8, 4) is 0 Å². The SMILES string of the molecule is Cc1cccc(NC2CCN3CCC2C3)c1. The predicted octanol–water partition coefficient (Wildman–Crippen LogP) is 2.50. The molecule has 0 aliphatic carbocycles. The maximum Gasteiger partial charge on any atom is 0.0345 e. The lowest BCUT2D eigenvalue weighted by atomic mass is 9.94. The third-order valence-corrected chi connectivity index (χ3v) is 4.00. The zero-order valence-electron chi connectivity index (χ0n) is 9.95. The summed E-state index contributed by atoms with van der Waals surface area (Å²) in [4.78, 5) is 2.60. The highest BCUT2D eigenvalue weighted by molar-refractivity contribution is 5.46. The second-order valence-electron chi connectivity index (χ2n) is 5.26. The molecule has 2 heteroatoms. The molecular formula is C14H20N2. The van der Waals surface area contributed by atoms with Crippen LogP contribution in [0.25, 0.3) is 0 Å². The van der Waals surface area contributed by atoms with Crippen molar-refractivity contribution < 1.29 is 0 Å². The highest BCUT2D eigenvalue weighted by Gasteiger charge is 2.33. The zero-order chi connectivity index (χ0) is 11.0. The summed E-state index contributed by atoms with van der Waals surface area (Å²) in [7, 11) is 0. The Kier molecular flexibility index (Phi) is 2.60. The molecule has 3 rings (SSSR count). The van der Waals surface area contributed by atoms with Crippen molar-refractivity contribution in [2.45, 2.75) is 25.8 Å². The average Bonchev–Trinajstić information content (AvgIpc) is 2.66. The zero-order valence-corrected chi connectivity index (χ0v) is 9.95. The van der Waals surface area contributed by atoms with Gasteiger partial charge in [0.25, 0.3) is 0 Å². The maximum absolute atomic E-state index is 3.72. The third kappa shape index (κ3) is 1.94. The minimum Gasteiger partial charge on any atom is -0.382 e. The van der Waals surface area contributed by atoms with Gasteiger partial charge < -0.3 is 10.2 Å². The fourth-order valence-electron chi connectivity index (χ4n) is 3.09. The van der Waals surface area contributed by atoms with E-state index in [2.05, 4.69) is 41.4 Å². The van der Waals surface area contributed by atoms with Gasteiger partial charge in [0.15, 0.2) is 0 Å². The van der Waals surface area contributed by atoms with Crippen molar-refractivity contribution in [3.63, 3.8) is 0 Å². The van der Waals surface area contributed by atoms with E-state index >= 15 is 0 Å². The van der Waals surface area contributed by atoms with Crippen LogP contribution in [0, 0.1) is 12.8 Å². The van der Waals surface area contributed by atoms with Crippen molar-refractivity contribution in [2.75, 3.05) is 25.0 Å². The molecule has 2 bridgehead atoms. The molecule has 1 aromatic carbocycles. The van der Waals surface area contributed by atoms with Gasteiger partial charge in [-0.05, 0) is 49.9 Å². The number of benzene rings is 1. The Morgan fingerprint density at radius 1 is 1.25 bits per heavy atom. The van der Waals surface area contributed by atoms with Crippen LogP contribution >= 0.6 is 0 Å². The molecule has 0 amide bonds. The van der Waals surface area contributed by atoms with Crippen molar-refractivity contribution in [1.82, 2.24) is 4.90 Å². The molecule has 86 valence electrons. The summed E-state index contributed by atoms with van der Waals surface area (Å²) in [5.74, 6) is 0.870. The highest BCUT2D eigenvalue weighted by atomic mass is 15.2. The van der Waals surface area contributed by atoms with Crippen LogP contribution in [-0.2, 0) is 0 Å². The summed E-state index contributed by atoms with van der Waals surface area (Å²) in [5.41, 5.74) is 2.64. The molecule has 2 aliphatic rings. The molecule has 2 nitrogen and oxygen atoms in total. The van der Waals surface area contributed by atoms with Crippen molar-refractivity contribution >= 4 is 5.69 Å². The average molecular weight is 216 g/mol. The lowest BCUT2D eigenvalue weighted by molar-refractivity contribution is 0.255. The molecule has 1 aromatic rings. The first kappa shape index (κ1) is 10.2. The largest absolute Gasteiger partial charge is 0.382 e. The number of hydrogen-bond acceptors (Lipinski definition) is 2. The Morgan fingerprint density at radius 3 is 3.00 bits per heavy atom. The maximum atomic E-state index is 3.72. The summed E-state index contributed by atoms with van der Waals surface area (Å²) in [6, 6.07) is 9.43. The number of fused-ring (bicyclic) bond motifs is 2. The van der Waals surface area contributed by atoms with Gasteiger partial charge in [0.05, 0.1) is 0 Å². The molecule has 1 N–H and O–H groups in total. The Balaban J connectivity index is 1.70. The van der Waals surface area contributed by atoms with Crippen LogP contribution in [0.15, 0.2) is 24.3 Å².